The highest BCUT2D eigenvalue weighted by molar-refractivity contribution is 7.09. The minimum Gasteiger partial charge on any atom is -0.271 e. The van der Waals surface area contributed by atoms with Crippen molar-refractivity contribution in [3.8, 4) is 0 Å². The van der Waals surface area contributed by atoms with Crippen LogP contribution in [0.3, 0.4) is 0 Å². The zero-order valence-corrected chi connectivity index (χ0v) is 13.7. The Labute approximate surface area is 126 Å². The van der Waals surface area contributed by atoms with E-state index in [4.69, 9.17) is 10.8 Å². The third-order valence-corrected chi connectivity index (χ3v) is 6.11. The van der Waals surface area contributed by atoms with Crippen LogP contribution in [0.15, 0.2) is 5.38 Å². The van der Waals surface area contributed by atoms with Gasteiger partial charge in [-0.2, -0.15) is 0 Å². The van der Waals surface area contributed by atoms with Gasteiger partial charge in [0.25, 0.3) is 0 Å². The van der Waals surface area contributed by atoms with E-state index < -0.39 is 0 Å². The Balaban J connectivity index is 1.67. The van der Waals surface area contributed by atoms with Crippen LogP contribution in [0.1, 0.15) is 57.2 Å². The van der Waals surface area contributed by atoms with Gasteiger partial charge in [-0.25, -0.2) is 4.98 Å². The van der Waals surface area contributed by atoms with Gasteiger partial charge in [0.1, 0.15) is 0 Å². The Hall–Kier alpha value is -0.450. The molecule has 0 spiro atoms. The molecule has 4 unspecified atom stereocenters. The second-order valence-electron chi connectivity index (χ2n) is 7.69. The van der Waals surface area contributed by atoms with Crippen LogP contribution in [0.4, 0.5) is 0 Å². The number of fused-ring (bicyclic) bond motifs is 2. The van der Waals surface area contributed by atoms with E-state index in [0.29, 0.717) is 6.04 Å². The summed E-state index contributed by atoms with van der Waals surface area (Å²) in [4.78, 5) is 4.83. The third-order valence-electron chi connectivity index (χ3n) is 5.24. The van der Waals surface area contributed by atoms with Gasteiger partial charge in [0.2, 0.25) is 0 Å². The Bertz CT molecular complexity index is 463. The monoisotopic (exact) mass is 293 g/mol. The van der Waals surface area contributed by atoms with Gasteiger partial charge < -0.3 is 0 Å². The van der Waals surface area contributed by atoms with E-state index in [9.17, 15) is 0 Å². The molecule has 112 valence electrons. The van der Waals surface area contributed by atoms with E-state index >= 15 is 0 Å². The van der Waals surface area contributed by atoms with Crippen LogP contribution < -0.4 is 11.3 Å². The van der Waals surface area contributed by atoms with Gasteiger partial charge in [-0.3, -0.25) is 11.3 Å². The summed E-state index contributed by atoms with van der Waals surface area (Å²) < 4.78 is 0. The summed E-state index contributed by atoms with van der Waals surface area (Å²) in [6.07, 6.45) is 6.67. The molecule has 1 aromatic heterocycles. The minimum absolute atomic E-state index is 0.146. The Kier molecular flexibility index (Phi) is 3.91. The second kappa shape index (κ2) is 5.39. The minimum atomic E-state index is 0.146. The molecular formula is C16H27N3S. The summed E-state index contributed by atoms with van der Waals surface area (Å²) in [5.74, 6) is 8.50. The van der Waals surface area contributed by atoms with Gasteiger partial charge in [-0.05, 0) is 37.0 Å². The normalized spacial score (nSPS) is 30.9. The molecule has 1 aromatic rings. The topological polar surface area (TPSA) is 50.9 Å². The fourth-order valence-corrected chi connectivity index (χ4v) is 5.14. The van der Waals surface area contributed by atoms with Crippen LogP contribution in [0.25, 0.3) is 0 Å². The fourth-order valence-electron chi connectivity index (χ4n) is 4.06. The summed E-state index contributed by atoms with van der Waals surface area (Å²) in [7, 11) is 0. The molecule has 2 aliphatic carbocycles. The standard InChI is InChI=1S/C16H27N3S/c1-16(2,3)14-9-20-15(18-14)8-13(19-17)12-7-10-4-5-11(12)6-10/h9-13,19H,4-8,17H2,1-3H3. The number of nitrogens with two attached hydrogens (primary N) is 1. The molecule has 2 aliphatic rings. The van der Waals surface area contributed by atoms with Crippen molar-refractivity contribution in [3.05, 3.63) is 16.1 Å². The van der Waals surface area contributed by atoms with Crippen molar-refractivity contribution in [2.75, 3.05) is 0 Å². The highest BCUT2D eigenvalue weighted by atomic mass is 32.1. The molecule has 4 atom stereocenters. The maximum Gasteiger partial charge on any atom is 0.0944 e. The van der Waals surface area contributed by atoms with Gasteiger partial charge in [-0.1, -0.05) is 27.2 Å². The maximum absolute atomic E-state index is 5.85. The second-order valence-corrected chi connectivity index (χ2v) is 8.64. The first-order chi connectivity index (χ1) is 9.47. The molecular weight excluding hydrogens is 266 g/mol. The van der Waals surface area contributed by atoms with Crippen molar-refractivity contribution in [2.45, 2.75) is 64.3 Å². The first-order valence-electron chi connectivity index (χ1n) is 7.88. The summed E-state index contributed by atoms with van der Waals surface area (Å²) in [6, 6.07) is 0.407. The van der Waals surface area contributed by atoms with E-state index in [1.807, 2.05) is 0 Å². The number of hydrazine groups is 1. The highest BCUT2D eigenvalue weighted by Crippen LogP contribution is 2.49. The molecule has 0 aromatic carbocycles. The van der Waals surface area contributed by atoms with E-state index in [0.717, 1.165) is 24.2 Å². The molecule has 0 amide bonds. The number of nitrogens with one attached hydrogen (secondary N) is 1. The van der Waals surface area contributed by atoms with Crippen LogP contribution in [-0.4, -0.2) is 11.0 Å². The first-order valence-corrected chi connectivity index (χ1v) is 8.76. The zero-order chi connectivity index (χ0) is 14.3. The number of hydrogen-bond donors (Lipinski definition) is 2. The molecule has 20 heavy (non-hydrogen) atoms. The smallest absolute Gasteiger partial charge is 0.0944 e. The molecule has 2 bridgehead atoms. The largest absolute Gasteiger partial charge is 0.271 e. The van der Waals surface area contributed by atoms with Crippen LogP contribution in [0, 0.1) is 17.8 Å². The van der Waals surface area contributed by atoms with Crippen LogP contribution >= 0.6 is 11.3 Å². The zero-order valence-electron chi connectivity index (χ0n) is 12.9. The third kappa shape index (κ3) is 2.78. The lowest BCUT2D eigenvalue weighted by Crippen LogP contribution is -2.44. The molecule has 3 rings (SSSR count). The van der Waals surface area contributed by atoms with Crippen LogP contribution in [0.2, 0.25) is 0 Å². The van der Waals surface area contributed by atoms with Crippen molar-refractivity contribution >= 4 is 11.3 Å². The average Bonchev–Trinajstić information content (AvgIpc) is 3.10. The van der Waals surface area contributed by atoms with Crippen molar-refractivity contribution < 1.29 is 0 Å². The van der Waals surface area contributed by atoms with Gasteiger partial charge >= 0.3 is 0 Å². The molecule has 3 N–H and O–H groups in total. The van der Waals surface area contributed by atoms with Gasteiger partial charge in [-0.15, -0.1) is 11.3 Å². The van der Waals surface area contributed by atoms with Crippen molar-refractivity contribution in [3.63, 3.8) is 0 Å². The van der Waals surface area contributed by atoms with E-state index in [1.165, 1.54) is 36.4 Å². The Morgan fingerprint density at radius 3 is 2.70 bits per heavy atom. The van der Waals surface area contributed by atoms with Crippen molar-refractivity contribution in [1.82, 2.24) is 10.4 Å². The number of nitrogens with zero attached hydrogens (tertiary/aromatic N) is 1. The molecule has 0 aliphatic heterocycles. The van der Waals surface area contributed by atoms with Crippen LogP contribution in [0.5, 0.6) is 0 Å². The maximum atomic E-state index is 5.85. The van der Waals surface area contributed by atoms with E-state index in [2.05, 4.69) is 31.6 Å². The molecule has 0 radical (unpaired) electrons. The summed E-state index contributed by atoms with van der Waals surface area (Å²) in [5.41, 5.74) is 4.45. The summed E-state index contributed by atoms with van der Waals surface area (Å²) in [5, 5.41) is 3.45. The number of aromatic nitrogens is 1. The molecule has 2 saturated carbocycles. The van der Waals surface area contributed by atoms with E-state index in [-0.39, 0.29) is 5.41 Å². The van der Waals surface area contributed by atoms with E-state index in [1.54, 1.807) is 11.3 Å². The van der Waals surface area contributed by atoms with Gasteiger partial charge in [0, 0.05) is 23.3 Å². The number of rotatable bonds is 4. The number of thiazole rings is 1. The van der Waals surface area contributed by atoms with Gasteiger partial charge in [0.15, 0.2) is 0 Å². The predicted molar refractivity (Wildman–Crippen MR) is 84.6 cm³/mol. The predicted octanol–water partition coefficient (Wildman–Crippen LogP) is 3.25. The molecule has 3 nitrogen and oxygen atoms in total. The molecule has 4 heteroatoms. The molecule has 1 heterocycles. The summed E-state index contributed by atoms with van der Waals surface area (Å²) in [6.45, 7) is 6.67. The Morgan fingerprint density at radius 2 is 2.20 bits per heavy atom. The average molecular weight is 293 g/mol. The lowest BCUT2D eigenvalue weighted by Gasteiger charge is -2.29. The Morgan fingerprint density at radius 1 is 1.40 bits per heavy atom. The first kappa shape index (κ1) is 14.5. The van der Waals surface area contributed by atoms with Crippen LogP contribution in [-0.2, 0) is 11.8 Å². The fraction of sp³-hybridized carbons (Fsp3) is 0.812. The molecule has 2 fully saturated rings. The van der Waals surface area contributed by atoms with Crippen molar-refractivity contribution in [2.24, 2.45) is 23.6 Å². The summed E-state index contributed by atoms with van der Waals surface area (Å²) >= 11 is 1.79. The van der Waals surface area contributed by atoms with Crippen molar-refractivity contribution in [1.29, 1.82) is 0 Å². The number of hydrogen-bond acceptors (Lipinski definition) is 4. The lowest BCUT2D eigenvalue weighted by molar-refractivity contribution is 0.248. The quantitative estimate of drug-likeness (QED) is 0.662. The highest BCUT2D eigenvalue weighted by Gasteiger charge is 2.43. The lowest BCUT2D eigenvalue weighted by atomic mass is 9.82. The molecule has 0 saturated heterocycles. The van der Waals surface area contributed by atoms with Gasteiger partial charge in [0.05, 0.1) is 10.7 Å². The SMILES string of the molecule is CC(C)(C)c1csc(CC(NN)C2CC3CCC2C3)n1.